The van der Waals surface area contributed by atoms with Crippen molar-refractivity contribution in [2.24, 2.45) is 11.3 Å². The molecule has 2 amide bonds. The van der Waals surface area contributed by atoms with Gasteiger partial charge in [0.2, 0.25) is 5.91 Å². The zero-order chi connectivity index (χ0) is 18.9. The van der Waals surface area contributed by atoms with Gasteiger partial charge in [0.05, 0.1) is 0 Å². The zero-order valence-corrected chi connectivity index (χ0v) is 17.6. The minimum atomic E-state index is 0. The monoisotopic (exact) mass is 405 g/mol. The Hall–Kier alpha value is -1.59. The van der Waals surface area contributed by atoms with Crippen LogP contribution in [-0.2, 0) is 11.2 Å². The number of halogens is 1. The largest absolute Gasteiger partial charge is 0.345 e. The van der Waals surface area contributed by atoms with Crippen molar-refractivity contribution in [1.82, 2.24) is 15.1 Å². The molecule has 154 valence electrons. The summed E-state index contributed by atoms with van der Waals surface area (Å²) in [6, 6.07) is 8.23. The van der Waals surface area contributed by atoms with Gasteiger partial charge in [-0.1, -0.05) is 12.1 Å². The third-order valence-electron chi connectivity index (χ3n) is 6.79. The third kappa shape index (κ3) is 4.52. The lowest BCUT2D eigenvalue weighted by molar-refractivity contribution is -0.126. The first kappa shape index (κ1) is 21.1. The Kier molecular flexibility index (Phi) is 6.66. The number of likely N-dealkylation sites (tertiary alicyclic amines) is 2. The van der Waals surface area contributed by atoms with Crippen LogP contribution >= 0.6 is 12.4 Å². The van der Waals surface area contributed by atoms with Crippen molar-refractivity contribution >= 4 is 24.2 Å². The van der Waals surface area contributed by atoms with E-state index in [1.807, 2.05) is 29.0 Å². The number of amides is 2. The van der Waals surface area contributed by atoms with E-state index in [0.717, 1.165) is 63.5 Å². The standard InChI is InChI=1S/C22H31N3O2.ClH/c1-24-16-22(15-20(24)26)7-11-25(12-8-22)21(27)19-4-2-3-18(14-19)13-17-5-9-23-10-6-17;/h2-4,14,17,23H,5-13,15-16H2,1H3;1H. The Morgan fingerprint density at radius 3 is 2.57 bits per heavy atom. The lowest BCUT2D eigenvalue weighted by atomic mass is 9.77. The van der Waals surface area contributed by atoms with Crippen LogP contribution in [0.1, 0.15) is 48.0 Å². The van der Waals surface area contributed by atoms with Gasteiger partial charge in [-0.25, -0.2) is 0 Å². The van der Waals surface area contributed by atoms with E-state index < -0.39 is 0 Å². The molecule has 1 spiro atoms. The number of hydrogen-bond acceptors (Lipinski definition) is 3. The molecule has 1 N–H and O–H groups in total. The summed E-state index contributed by atoms with van der Waals surface area (Å²) >= 11 is 0. The van der Waals surface area contributed by atoms with Crippen molar-refractivity contribution in [3.63, 3.8) is 0 Å². The summed E-state index contributed by atoms with van der Waals surface area (Å²) in [6.45, 7) is 4.59. The molecule has 1 aromatic rings. The predicted octanol–water partition coefficient (Wildman–Crippen LogP) is 2.74. The van der Waals surface area contributed by atoms with Crippen LogP contribution in [0, 0.1) is 11.3 Å². The molecule has 0 bridgehead atoms. The van der Waals surface area contributed by atoms with Gasteiger partial charge >= 0.3 is 0 Å². The van der Waals surface area contributed by atoms with Gasteiger partial charge in [0, 0.05) is 44.1 Å². The minimum Gasteiger partial charge on any atom is -0.345 e. The molecule has 3 aliphatic heterocycles. The highest BCUT2D eigenvalue weighted by atomic mass is 35.5. The lowest BCUT2D eigenvalue weighted by Crippen LogP contribution is -2.44. The van der Waals surface area contributed by atoms with Crippen LogP contribution < -0.4 is 5.32 Å². The highest BCUT2D eigenvalue weighted by Crippen LogP contribution is 2.40. The Bertz CT molecular complexity index is 709. The molecule has 28 heavy (non-hydrogen) atoms. The van der Waals surface area contributed by atoms with Crippen molar-refractivity contribution < 1.29 is 9.59 Å². The lowest BCUT2D eigenvalue weighted by Gasteiger charge is -2.38. The van der Waals surface area contributed by atoms with E-state index in [1.54, 1.807) is 0 Å². The van der Waals surface area contributed by atoms with Gasteiger partial charge in [-0.15, -0.1) is 12.4 Å². The molecular formula is C22H32ClN3O2. The van der Waals surface area contributed by atoms with Crippen LogP contribution in [0.25, 0.3) is 0 Å². The van der Waals surface area contributed by atoms with Crippen molar-refractivity contribution in [3.05, 3.63) is 35.4 Å². The van der Waals surface area contributed by atoms with Crippen LogP contribution in [0.3, 0.4) is 0 Å². The maximum Gasteiger partial charge on any atom is 0.253 e. The average Bonchev–Trinajstić information content (AvgIpc) is 2.96. The number of nitrogens with zero attached hydrogens (tertiary/aromatic N) is 2. The number of rotatable bonds is 3. The molecule has 0 radical (unpaired) electrons. The first-order chi connectivity index (χ1) is 13.0. The van der Waals surface area contributed by atoms with E-state index in [1.165, 1.54) is 18.4 Å². The van der Waals surface area contributed by atoms with Crippen molar-refractivity contribution in [2.75, 3.05) is 39.8 Å². The maximum absolute atomic E-state index is 13.0. The summed E-state index contributed by atoms with van der Waals surface area (Å²) in [5.41, 5.74) is 2.20. The van der Waals surface area contributed by atoms with E-state index in [9.17, 15) is 9.59 Å². The highest BCUT2D eigenvalue weighted by Gasteiger charge is 2.44. The molecule has 1 aromatic carbocycles. The number of nitrogens with one attached hydrogen (secondary N) is 1. The summed E-state index contributed by atoms with van der Waals surface area (Å²) in [7, 11) is 1.89. The number of carbonyl (C=O) groups excluding carboxylic acids is 2. The molecule has 0 aromatic heterocycles. The van der Waals surface area contributed by atoms with Gasteiger partial charge in [-0.2, -0.15) is 0 Å². The average molecular weight is 406 g/mol. The molecule has 3 aliphatic rings. The number of piperidine rings is 2. The molecule has 0 saturated carbocycles. The van der Waals surface area contributed by atoms with Gasteiger partial charge in [-0.3, -0.25) is 9.59 Å². The quantitative estimate of drug-likeness (QED) is 0.841. The van der Waals surface area contributed by atoms with E-state index in [2.05, 4.69) is 17.4 Å². The molecule has 4 rings (SSSR count). The van der Waals surface area contributed by atoms with E-state index in [4.69, 9.17) is 0 Å². The van der Waals surface area contributed by atoms with Crippen molar-refractivity contribution in [3.8, 4) is 0 Å². The Balaban J connectivity index is 0.00000225. The zero-order valence-electron chi connectivity index (χ0n) is 16.8. The second kappa shape index (κ2) is 8.83. The van der Waals surface area contributed by atoms with Crippen LogP contribution in [0.5, 0.6) is 0 Å². The van der Waals surface area contributed by atoms with Gasteiger partial charge in [0.25, 0.3) is 5.91 Å². The Morgan fingerprint density at radius 1 is 1.21 bits per heavy atom. The molecule has 6 heteroatoms. The topological polar surface area (TPSA) is 52.6 Å². The molecule has 3 fully saturated rings. The fourth-order valence-corrected chi connectivity index (χ4v) is 5.06. The summed E-state index contributed by atoms with van der Waals surface area (Å²) in [5, 5.41) is 3.41. The molecule has 3 saturated heterocycles. The molecule has 0 atom stereocenters. The Morgan fingerprint density at radius 2 is 1.93 bits per heavy atom. The van der Waals surface area contributed by atoms with Gasteiger partial charge in [0.15, 0.2) is 0 Å². The maximum atomic E-state index is 13.0. The van der Waals surface area contributed by atoms with E-state index in [0.29, 0.717) is 6.42 Å². The first-order valence-corrected chi connectivity index (χ1v) is 10.4. The highest BCUT2D eigenvalue weighted by molar-refractivity contribution is 5.94. The SMILES string of the molecule is CN1CC2(CCN(C(=O)c3cccc(CC4CCNCC4)c3)CC2)CC1=O.Cl. The molecule has 0 unspecified atom stereocenters. The second-order valence-corrected chi connectivity index (χ2v) is 8.82. The summed E-state index contributed by atoms with van der Waals surface area (Å²) < 4.78 is 0. The van der Waals surface area contributed by atoms with Gasteiger partial charge in [0.1, 0.15) is 0 Å². The fraction of sp³-hybridized carbons (Fsp3) is 0.636. The predicted molar refractivity (Wildman–Crippen MR) is 113 cm³/mol. The van der Waals surface area contributed by atoms with Crippen LogP contribution in [0.4, 0.5) is 0 Å². The molecular weight excluding hydrogens is 374 g/mol. The molecule has 3 heterocycles. The van der Waals surface area contributed by atoms with E-state index in [-0.39, 0.29) is 29.6 Å². The minimum absolute atomic E-state index is 0. The normalized spacial score (nSPS) is 22.4. The van der Waals surface area contributed by atoms with Gasteiger partial charge in [-0.05, 0) is 68.8 Å². The number of hydrogen-bond donors (Lipinski definition) is 1. The van der Waals surface area contributed by atoms with Crippen molar-refractivity contribution in [2.45, 2.75) is 38.5 Å². The summed E-state index contributed by atoms with van der Waals surface area (Å²) in [4.78, 5) is 28.8. The van der Waals surface area contributed by atoms with Gasteiger partial charge < -0.3 is 15.1 Å². The third-order valence-corrected chi connectivity index (χ3v) is 6.79. The number of carbonyl (C=O) groups is 2. The van der Waals surface area contributed by atoms with Crippen LogP contribution in [-0.4, -0.2) is 61.4 Å². The van der Waals surface area contributed by atoms with E-state index >= 15 is 0 Å². The molecule has 0 aliphatic carbocycles. The number of benzene rings is 1. The fourth-order valence-electron chi connectivity index (χ4n) is 5.06. The van der Waals surface area contributed by atoms with Crippen LogP contribution in [0.15, 0.2) is 24.3 Å². The van der Waals surface area contributed by atoms with Crippen molar-refractivity contribution in [1.29, 1.82) is 0 Å². The van der Waals surface area contributed by atoms with Crippen LogP contribution in [0.2, 0.25) is 0 Å². The second-order valence-electron chi connectivity index (χ2n) is 8.82. The first-order valence-electron chi connectivity index (χ1n) is 10.4. The Labute approximate surface area is 174 Å². The summed E-state index contributed by atoms with van der Waals surface area (Å²) in [6.07, 6.45) is 6.03. The molecule has 5 nitrogen and oxygen atoms in total. The summed E-state index contributed by atoms with van der Waals surface area (Å²) in [5.74, 6) is 1.12. The smallest absolute Gasteiger partial charge is 0.253 e.